The van der Waals surface area contributed by atoms with Crippen molar-refractivity contribution < 1.29 is 17.9 Å². The van der Waals surface area contributed by atoms with Gasteiger partial charge in [0.15, 0.2) is 0 Å². The van der Waals surface area contributed by atoms with Crippen LogP contribution < -0.4 is 10.0 Å². The van der Waals surface area contributed by atoms with Crippen molar-refractivity contribution >= 4 is 33.0 Å². The van der Waals surface area contributed by atoms with Crippen LogP contribution in [0.1, 0.15) is 59.8 Å². The van der Waals surface area contributed by atoms with Gasteiger partial charge >= 0.3 is 5.97 Å². The van der Waals surface area contributed by atoms with Crippen molar-refractivity contribution in [2.45, 2.75) is 62.7 Å². The number of anilines is 1. The molecule has 0 bridgehead atoms. The lowest BCUT2D eigenvalue weighted by Crippen LogP contribution is -2.28. The van der Waals surface area contributed by atoms with Gasteiger partial charge in [-0.15, -0.1) is 11.3 Å². The first-order valence-corrected chi connectivity index (χ1v) is 12.6. The summed E-state index contributed by atoms with van der Waals surface area (Å²) in [5.74, 6) is 0.262. The van der Waals surface area contributed by atoms with Crippen LogP contribution in [0.5, 0.6) is 0 Å². The summed E-state index contributed by atoms with van der Waals surface area (Å²) in [6, 6.07) is 9.32. The van der Waals surface area contributed by atoms with E-state index in [0.717, 1.165) is 29.2 Å². The molecule has 0 amide bonds. The van der Waals surface area contributed by atoms with Crippen LogP contribution in [-0.4, -0.2) is 27.5 Å². The third-order valence-electron chi connectivity index (χ3n) is 5.57. The Labute approximate surface area is 183 Å². The molecule has 2 aromatic rings. The lowest BCUT2D eigenvalue weighted by atomic mass is 9.99. The van der Waals surface area contributed by atoms with Gasteiger partial charge in [0.25, 0.3) is 10.0 Å². The number of aryl methyl sites for hydroxylation is 1. The van der Waals surface area contributed by atoms with Gasteiger partial charge in [-0.3, -0.25) is 4.72 Å². The molecular weight excluding hydrogens is 420 g/mol. The number of rotatable bonds is 9. The molecule has 0 radical (unpaired) electrons. The molecule has 8 heteroatoms. The van der Waals surface area contributed by atoms with E-state index >= 15 is 0 Å². The van der Waals surface area contributed by atoms with Crippen molar-refractivity contribution in [3.63, 3.8) is 0 Å². The van der Waals surface area contributed by atoms with E-state index in [0.29, 0.717) is 23.8 Å². The Morgan fingerprint density at radius 1 is 1.27 bits per heavy atom. The summed E-state index contributed by atoms with van der Waals surface area (Å²) in [6.45, 7) is 4.45. The number of hydrogen-bond acceptors (Lipinski definition) is 6. The molecule has 1 saturated carbocycles. The fourth-order valence-electron chi connectivity index (χ4n) is 4.01. The number of ether oxygens (including phenoxy) is 1. The van der Waals surface area contributed by atoms with Crippen LogP contribution in [0.4, 0.5) is 5.69 Å². The van der Waals surface area contributed by atoms with Crippen LogP contribution in [-0.2, 0) is 21.3 Å². The first kappa shape index (κ1) is 22.8. The van der Waals surface area contributed by atoms with Gasteiger partial charge in [-0.05, 0) is 49.4 Å². The third kappa shape index (κ3) is 5.62. The minimum absolute atomic E-state index is 0.125. The molecule has 3 rings (SSSR count). The second-order valence-corrected chi connectivity index (χ2v) is 10.9. The second-order valence-electron chi connectivity index (χ2n) is 8.00. The zero-order chi connectivity index (χ0) is 21.7. The van der Waals surface area contributed by atoms with Gasteiger partial charge in [-0.2, -0.15) is 0 Å². The van der Waals surface area contributed by atoms with E-state index in [1.807, 2.05) is 18.2 Å². The van der Waals surface area contributed by atoms with Crippen LogP contribution >= 0.6 is 11.3 Å². The summed E-state index contributed by atoms with van der Waals surface area (Å²) < 4.78 is 33.5. The van der Waals surface area contributed by atoms with Crippen LogP contribution in [0.2, 0.25) is 0 Å². The van der Waals surface area contributed by atoms with Crippen LogP contribution in [0, 0.1) is 12.8 Å². The fourth-order valence-corrected chi connectivity index (χ4v) is 6.73. The Balaban J connectivity index is 1.70. The first-order valence-electron chi connectivity index (χ1n) is 10.3. The fraction of sp³-hybridized carbons (Fsp3) is 0.500. The highest BCUT2D eigenvalue weighted by Gasteiger charge is 2.24. The molecular formula is C22H30N2O4S2. The lowest BCUT2D eigenvalue weighted by molar-refractivity contribution is 0.0606. The molecule has 0 saturated heterocycles. The van der Waals surface area contributed by atoms with Gasteiger partial charge in [0, 0.05) is 12.6 Å². The van der Waals surface area contributed by atoms with E-state index < -0.39 is 16.0 Å². The Hall–Kier alpha value is -1.90. The summed E-state index contributed by atoms with van der Waals surface area (Å²) in [4.78, 5) is 12.0. The van der Waals surface area contributed by atoms with Gasteiger partial charge in [0.2, 0.25) is 0 Å². The number of sulfonamides is 1. The van der Waals surface area contributed by atoms with E-state index in [9.17, 15) is 13.2 Å². The molecule has 0 spiro atoms. The molecule has 1 aliphatic rings. The molecule has 1 heterocycles. The zero-order valence-electron chi connectivity index (χ0n) is 17.7. The molecule has 1 atom stereocenters. The van der Waals surface area contributed by atoms with Crippen molar-refractivity contribution in [3.05, 3.63) is 46.3 Å². The van der Waals surface area contributed by atoms with Crippen LogP contribution in [0.25, 0.3) is 0 Å². The third-order valence-corrected chi connectivity index (χ3v) is 8.79. The maximum absolute atomic E-state index is 13.0. The van der Waals surface area contributed by atoms with Crippen molar-refractivity contribution in [2.75, 3.05) is 11.8 Å². The highest BCUT2D eigenvalue weighted by Crippen LogP contribution is 2.30. The number of thiophene rings is 1. The van der Waals surface area contributed by atoms with Gasteiger partial charge in [0.1, 0.15) is 9.09 Å². The molecule has 1 fully saturated rings. The average Bonchev–Trinajstić information content (AvgIpc) is 3.36. The largest absolute Gasteiger partial charge is 0.465 e. The van der Waals surface area contributed by atoms with Crippen molar-refractivity contribution in [2.24, 2.45) is 5.92 Å². The Bertz CT molecular complexity index is 979. The van der Waals surface area contributed by atoms with Crippen molar-refractivity contribution in [1.82, 2.24) is 5.32 Å². The summed E-state index contributed by atoms with van der Waals surface area (Å²) in [6.07, 6.45) is 6.45. The van der Waals surface area contributed by atoms with E-state index in [4.69, 9.17) is 4.74 Å². The molecule has 1 aromatic heterocycles. The monoisotopic (exact) mass is 450 g/mol. The minimum Gasteiger partial charge on any atom is -0.465 e. The summed E-state index contributed by atoms with van der Waals surface area (Å²) in [5.41, 5.74) is 1.96. The maximum Gasteiger partial charge on any atom is 0.348 e. The number of benzene rings is 1. The molecule has 0 unspecified atom stereocenters. The summed E-state index contributed by atoms with van der Waals surface area (Å²) in [5, 5.41) is 3.54. The SMILES string of the molecule is COC(=O)c1cc(C)c(S(=O)(=O)Nc2ccccc2CN[C@@H](C)CC2CCCC2)s1. The van der Waals surface area contributed by atoms with Crippen molar-refractivity contribution in [3.8, 4) is 0 Å². The highest BCUT2D eigenvalue weighted by molar-refractivity contribution is 7.94. The molecule has 1 aliphatic carbocycles. The number of nitrogens with one attached hydrogen (secondary N) is 2. The van der Waals surface area contributed by atoms with E-state index in [1.165, 1.54) is 32.8 Å². The molecule has 164 valence electrons. The number of hydrogen-bond donors (Lipinski definition) is 2. The number of carbonyl (C=O) groups excluding carboxylic acids is 1. The smallest absolute Gasteiger partial charge is 0.348 e. The quantitative estimate of drug-likeness (QED) is 0.541. The summed E-state index contributed by atoms with van der Waals surface area (Å²) >= 11 is 0.920. The number of carbonyl (C=O) groups is 1. The predicted octanol–water partition coefficient (Wildman–Crippen LogP) is 4.70. The zero-order valence-corrected chi connectivity index (χ0v) is 19.4. The molecule has 2 N–H and O–H groups in total. The van der Waals surface area contributed by atoms with Gasteiger partial charge in [0.05, 0.1) is 12.8 Å². The topological polar surface area (TPSA) is 84.5 Å². The minimum atomic E-state index is -3.81. The van der Waals surface area contributed by atoms with Crippen LogP contribution in [0.15, 0.2) is 34.5 Å². The van der Waals surface area contributed by atoms with E-state index in [2.05, 4.69) is 17.0 Å². The molecule has 1 aromatic carbocycles. The Morgan fingerprint density at radius 2 is 1.97 bits per heavy atom. The number of para-hydroxylation sites is 1. The van der Waals surface area contributed by atoms with E-state index in [1.54, 1.807) is 19.1 Å². The van der Waals surface area contributed by atoms with E-state index in [-0.39, 0.29) is 9.09 Å². The van der Waals surface area contributed by atoms with Gasteiger partial charge < -0.3 is 10.1 Å². The average molecular weight is 451 g/mol. The predicted molar refractivity (Wildman–Crippen MR) is 121 cm³/mol. The van der Waals surface area contributed by atoms with Gasteiger partial charge in [-0.1, -0.05) is 43.9 Å². The standard InChI is InChI=1S/C22H30N2O4S2/c1-15-12-20(21(25)28-3)29-22(15)30(26,27)24-19-11-7-6-10-18(19)14-23-16(2)13-17-8-4-5-9-17/h6-7,10-12,16-17,23-24H,4-5,8-9,13-14H2,1-3H3/t16-/m0/s1. The maximum atomic E-state index is 13.0. The number of esters is 1. The summed E-state index contributed by atoms with van der Waals surface area (Å²) in [7, 11) is -2.53. The highest BCUT2D eigenvalue weighted by atomic mass is 32.2. The molecule has 6 nitrogen and oxygen atoms in total. The molecule has 30 heavy (non-hydrogen) atoms. The number of methoxy groups -OCH3 is 1. The second kappa shape index (κ2) is 9.94. The Morgan fingerprint density at radius 3 is 2.67 bits per heavy atom. The van der Waals surface area contributed by atoms with Crippen molar-refractivity contribution in [1.29, 1.82) is 0 Å². The van der Waals surface area contributed by atoms with Gasteiger partial charge in [-0.25, -0.2) is 13.2 Å². The Kier molecular flexibility index (Phi) is 7.55. The normalized spacial score (nSPS) is 15.8. The lowest BCUT2D eigenvalue weighted by Gasteiger charge is -2.19. The molecule has 0 aliphatic heterocycles. The van der Waals surface area contributed by atoms with Crippen LogP contribution in [0.3, 0.4) is 0 Å². The first-order chi connectivity index (χ1) is 14.3.